The number of hydrogen-bond acceptors (Lipinski definition) is 10. The SMILES string of the molecule is CCOC(=O)CCCOc1cccc(CCCCCCOc2cc(-c3ccc(O)c(O)c3)cc(S(=O)(=O)CC)c2)c1CCC(=O)OCC. The Morgan fingerprint density at radius 2 is 1.40 bits per heavy atom. The van der Waals surface area contributed by atoms with Crippen molar-refractivity contribution in [3.8, 4) is 34.1 Å². The number of benzene rings is 3. The van der Waals surface area contributed by atoms with E-state index in [1.165, 1.54) is 18.2 Å². The molecule has 0 spiro atoms. The van der Waals surface area contributed by atoms with Gasteiger partial charge in [0.1, 0.15) is 11.5 Å². The van der Waals surface area contributed by atoms with Gasteiger partial charge in [-0.3, -0.25) is 9.59 Å². The third kappa shape index (κ3) is 12.1. The van der Waals surface area contributed by atoms with Crippen LogP contribution in [0.3, 0.4) is 0 Å². The summed E-state index contributed by atoms with van der Waals surface area (Å²) in [4.78, 5) is 23.9. The quantitative estimate of drug-likeness (QED) is 0.0686. The monoisotopic (exact) mass is 684 g/mol. The maximum atomic E-state index is 12.7. The number of carbonyl (C=O) groups is 2. The Hall–Kier alpha value is -4.25. The van der Waals surface area contributed by atoms with Gasteiger partial charge < -0.3 is 29.2 Å². The van der Waals surface area contributed by atoms with Crippen LogP contribution in [0, 0.1) is 0 Å². The zero-order chi connectivity index (χ0) is 34.9. The Morgan fingerprint density at radius 1 is 0.688 bits per heavy atom. The standard InChI is InChI=1S/C37H48O10S/c1-4-44-36(40)16-12-22-47-35-15-11-14-27(32(35)18-20-37(41)45-5-2)13-9-7-8-10-21-46-30-23-29(24-31(26-30)48(42,43)6-3)28-17-19-33(38)34(39)25-28/h11,14-15,17,19,23-26,38-39H,4-10,12-13,16,18,20-22H2,1-3H3. The topological polar surface area (TPSA) is 146 Å². The van der Waals surface area contributed by atoms with Gasteiger partial charge in [0.25, 0.3) is 0 Å². The van der Waals surface area contributed by atoms with Gasteiger partial charge in [-0.25, -0.2) is 8.42 Å². The summed E-state index contributed by atoms with van der Waals surface area (Å²) in [7, 11) is -3.51. The van der Waals surface area contributed by atoms with Crippen LogP contribution in [0.5, 0.6) is 23.0 Å². The smallest absolute Gasteiger partial charge is 0.306 e. The van der Waals surface area contributed by atoms with Crippen LogP contribution in [-0.2, 0) is 41.7 Å². The summed E-state index contributed by atoms with van der Waals surface area (Å²) in [6.45, 7) is 6.57. The Bertz CT molecular complexity index is 1600. The molecule has 10 nitrogen and oxygen atoms in total. The number of phenols is 2. The van der Waals surface area contributed by atoms with E-state index in [1.807, 2.05) is 12.1 Å². The van der Waals surface area contributed by atoms with E-state index in [-0.39, 0.29) is 46.9 Å². The van der Waals surface area contributed by atoms with E-state index in [9.17, 15) is 28.2 Å². The third-order valence-corrected chi connectivity index (χ3v) is 9.45. The maximum absolute atomic E-state index is 12.7. The molecule has 0 aliphatic rings. The third-order valence-electron chi connectivity index (χ3n) is 7.74. The number of hydrogen-bond donors (Lipinski definition) is 2. The van der Waals surface area contributed by atoms with Gasteiger partial charge in [0.05, 0.1) is 37.1 Å². The van der Waals surface area contributed by atoms with Gasteiger partial charge in [-0.05, 0) is 105 Å². The van der Waals surface area contributed by atoms with Gasteiger partial charge in [-0.1, -0.05) is 38.0 Å². The molecular formula is C37H48O10S. The van der Waals surface area contributed by atoms with E-state index in [0.717, 1.165) is 43.2 Å². The van der Waals surface area contributed by atoms with Crippen LogP contribution in [0.15, 0.2) is 59.5 Å². The highest BCUT2D eigenvalue weighted by molar-refractivity contribution is 7.91. The van der Waals surface area contributed by atoms with Crippen molar-refractivity contribution in [2.45, 2.75) is 83.5 Å². The fourth-order valence-corrected chi connectivity index (χ4v) is 6.12. The number of sulfone groups is 1. The second-order valence-corrected chi connectivity index (χ2v) is 13.5. The molecule has 0 aromatic heterocycles. The van der Waals surface area contributed by atoms with Gasteiger partial charge in [-0.2, -0.15) is 0 Å². The molecule has 0 saturated heterocycles. The zero-order valence-electron chi connectivity index (χ0n) is 28.2. The fourth-order valence-electron chi connectivity index (χ4n) is 5.19. The van der Waals surface area contributed by atoms with Crippen LogP contribution in [0.4, 0.5) is 0 Å². The summed E-state index contributed by atoms with van der Waals surface area (Å²) in [6, 6.07) is 15.0. The largest absolute Gasteiger partial charge is 0.504 e. The highest BCUT2D eigenvalue weighted by Gasteiger charge is 2.17. The number of unbranched alkanes of at least 4 members (excludes halogenated alkanes) is 3. The molecule has 0 fully saturated rings. The summed E-state index contributed by atoms with van der Waals surface area (Å²) in [5.74, 6) is -0.00116. The number of carbonyl (C=O) groups excluding carboxylic acids is 2. The molecule has 0 unspecified atom stereocenters. The molecule has 3 aromatic carbocycles. The first-order chi connectivity index (χ1) is 23.1. The number of ether oxygens (including phenoxy) is 4. The summed E-state index contributed by atoms with van der Waals surface area (Å²) < 4.78 is 47.5. The van der Waals surface area contributed by atoms with E-state index >= 15 is 0 Å². The van der Waals surface area contributed by atoms with Crippen LogP contribution in [-0.4, -0.2) is 62.7 Å². The highest BCUT2D eigenvalue weighted by atomic mass is 32.2. The minimum Gasteiger partial charge on any atom is -0.504 e. The summed E-state index contributed by atoms with van der Waals surface area (Å²) in [5, 5.41) is 19.6. The lowest BCUT2D eigenvalue weighted by molar-refractivity contribution is -0.144. The van der Waals surface area contributed by atoms with Crippen LogP contribution < -0.4 is 9.47 Å². The molecule has 0 heterocycles. The summed E-state index contributed by atoms with van der Waals surface area (Å²) in [6.07, 6.45) is 5.87. The van der Waals surface area contributed by atoms with Crippen molar-refractivity contribution in [3.63, 3.8) is 0 Å². The second kappa shape index (κ2) is 19.5. The van der Waals surface area contributed by atoms with Crippen LogP contribution >= 0.6 is 0 Å². The molecule has 0 bridgehead atoms. The summed E-state index contributed by atoms with van der Waals surface area (Å²) >= 11 is 0. The lowest BCUT2D eigenvalue weighted by Gasteiger charge is -2.16. The van der Waals surface area contributed by atoms with E-state index in [0.29, 0.717) is 61.9 Å². The van der Waals surface area contributed by atoms with Crippen LogP contribution in [0.25, 0.3) is 11.1 Å². The molecule has 2 N–H and O–H groups in total. The van der Waals surface area contributed by atoms with Gasteiger partial charge in [0, 0.05) is 12.8 Å². The van der Waals surface area contributed by atoms with Crippen molar-refractivity contribution in [2.75, 3.05) is 32.2 Å². The van der Waals surface area contributed by atoms with E-state index < -0.39 is 9.84 Å². The molecule has 48 heavy (non-hydrogen) atoms. The first-order valence-corrected chi connectivity index (χ1v) is 18.3. The molecular weight excluding hydrogens is 636 g/mol. The van der Waals surface area contributed by atoms with Crippen LogP contribution in [0.2, 0.25) is 0 Å². The number of aromatic hydroxyl groups is 2. The maximum Gasteiger partial charge on any atom is 0.306 e. The number of aryl methyl sites for hydroxylation is 1. The second-order valence-electron chi connectivity index (χ2n) is 11.3. The number of phenolic OH excluding ortho intramolecular Hbond substituents is 2. The Morgan fingerprint density at radius 3 is 2.10 bits per heavy atom. The Balaban J connectivity index is 1.57. The lowest BCUT2D eigenvalue weighted by atomic mass is 9.96. The lowest BCUT2D eigenvalue weighted by Crippen LogP contribution is -2.10. The van der Waals surface area contributed by atoms with Crippen molar-refractivity contribution in [1.82, 2.24) is 0 Å². The molecule has 0 saturated carbocycles. The minimum absolute atomic E-state index is 0.0637. The summed E-state index contributed by atoms with van der Waals surface area (Å²) in [5.41, 5.74) is 3.19. The van der Waals surface area contributed by atoms with E-state index in [2.05, 4.69) is 6.07 Å². The molecule has 262 valence electrons. The first-order valence-electron chi connectivity index (χ1n) is 16.7. The van der Waals surface area contributed by atoms with E-state index in [4.69, 9.17) is 18.9 Å². The van der Waals surface area contributed by atoms with Gasteiger partial charge in [0.15, 0.2) is 21.3 Å². The zero-order valence-corrected chi connectivity index (χ0v) is 29.0. The Labute approximate surface area is 283 Å². The predicted molar refractivity (Wildman–Crippen MR) is 183 cm³/mol. The molecule has 0 radical (unpaired) electrons. The number of esters is 2. The minimum atomic E-state index is -3.51. The highest BCUT2D eigenvalue weighted by Crippen LogP contribution is 2.34. The molecule has 3 aromatic rings. The average molecular weight is 685 g/mol. The van der Waals surface area contributed by atoms with Gasteiger partial charge >= 0.3 is 11.9 Å². The first kappa shape index (κ1) is 38.2. The average Bonchev–Trinajstić information content (AvgIpc) is 3.07. The molecule has 0 atom stereocenters. The van der Waals surface area contributed by atoms with Crippen molar-refractivity contribution in [3.05, 3.63) is 65.7 Å². The Kier molecular flexibility index (Phi) is 15.6. The molecule has 0 amide bonds. The number of rotatable bonds is 21. The molecule has 0 aliphatic carbocycles. The van der Waals surface area contributed by atoms with Crippen LogP contribution in [0.1, 0.15) is 76.8 Å². The molecule has 11 heteroatoms. The van der Waals surface area contributed by atoms with Crippen molar-refractivity contribution in [2.24, 2.45) is 0 Å². The normalized spacial score (nSPS) is 11.2. The van der Waals surface area contributed by atoms with E-state index in [1.54, 1.807) is 39.0 Å². The van der Waals surface area contributed by atoms with Crippen molar-refractivity contribution >= 4 is 21.8 Å². The fraction of sp³-hybridized carbons (Fsp3) is 0.459. The van der Waals surface area contributed by atoms with Gasteiger partial charge in [-0.15, -0.1) is 0 Å². The molecule has 0 aliphatic heterocycles. The predicted octanol–water partition coefficient (Wildman–Crippen LogP) is 6.96. The van der Waals surface area contributed by atoms with Gasteiger partial charge in [0.2, 0.25) is 0 Å². The van der Waals surface area contributed by atoms with Crippen molar-refractivity contribution < 1.29 is 47.2 Å². The van der Waals surface area contributed by atoms with Crippen molar-refractivity contribution in [1.29, 1.82) is 0 Å². The molecule has 3 rings (SSSR count).